The second-order valence-corrected chi connectivity index (χ2v) is 23.8. The monoisotopic (exact) mass is 947 g/mol. The number of hydrogen-bond acceptors (Lipinski definition) is 19. The fraction of sp³-hybridized carbons (Fsp3) is 1.00. The first-order valence-electron chi connectivity index (χ1n) is 24.4. The molecule has 4 heterocycles. The van der Waals surface area contributed by atoms with Crippen molar-refractivity contribution in [2.45, 2.75) is 228 Å². The minimum absolute atomic E-state index is 0.0698. The summed E-state index contributed by atoms with van der Waals surface area (Å²) in [6, 6.07) is 0. The Kier molecular flexibility index (Phi) is 12.9. The predicted molar refractivity (Wildman–Crippen MR) is 226 cm³/mol. The van der Waals surface area contributed by atoms with Gasteiger partial charge in [0.25, 0.3) is 0 Å². The van der Waals surface area contributed by atoms with Crippen LogP contribution in [0, 0.1) is 44.8 Å². The summed E-state index contributed by atoms with van der Waals surface area (Å²) in [6.07, 6.45) is -16.5. The molecule has 26 atom stereocenters. The van der Waals surface area contributed by atoms with Gasteiger partial charge >= 0.3 is 0 Å². The molecule has 19 heteroatoms. The van der Waals surface area contributed by atoms with Crippen LogP contribution in [-0.4, -0.2) is 203 Å². The number of ether oxygens (including phenoxy) is 7. The van der Waals surface area contributed by atoms with Crippen LogP contribution in [0.1, 0.15) is 106 Å². The van der Waals surface area contributed by atoms with E-state index in [9.17, 15) is 61.3 Å². The smallest absolute Gasteiger partial charge is 0.187 e. The van der Waals surface area contributed by atoms with Gasteiger partial charge in [-0.1, -0.05) is 27.7 Å². The molecular formula is C47H78O19. The molecule has 380 valence electrons. The summed E-state index contributed by atoms with van der Waals surface area (Å²) in [4.78, 5) is 0. The van der Waals surface area contributed by atoms with E-state index in [4.69, 9.17) is 33.2 Å². The molecule has 5 saturated carbocycles. The Morgan fingerprint density at radius 3 is 1.85 bits per heavy atom. The Morgan fingerprint density at radius 1 is 0.591 bits per heavy atom. The van der Waals surface area contributed by atoms with E-state index in [1.54, 1.807) is 0 Å². The highest BCUT2D eigenvalue weighted by Gasteiger charge is 2.85. The molecule has 9 rings (SSSR count). The van der Waals surface area contributed by atoms with Crippen molar-refractivity contribution in [2.75, 3.05) is 19.8 Å². The van der Waals surface area contributed by atoms with E-state index in [1.807, 2.05) is 13.8 Å². The van der Waals surface area contributed by atoms with Crippen molar-refractivity contribution in [2.24, 2.45) is 44.8 Å². The van der Waals surface area contributed by atoms with Crippen LogP contribution in [0.5, 0.6) is 0 Å². The van der Waals surface area contributed by atoms with Gasteiger partial charge in [-0.05, 0) is 117 Å². The summed E-state index contributed by atoms with van der Waals surface area (Å²) in [5.41, 5.74) is -3.37. The third-order valence-corrected chi connectivity index (χ3v) is 19.9. The number of rotatable bonds is 10. The SMILES string of the molecule is CC(C)(O[C@@H]1O[C@H](CO)[C@@H](O)[C@H](O)[C@H]1O)[C@@H]1CC[C@](C)([C@H]2[C@@H](O)C[C@@]3(C)[C@@H]4C[C@H](O)[C@H]5C(C)(C)[C@@H](O[C@@H]6OC[C@@H](O)[C@H](O)[C@H]6O[C@@H]6O[C@H](CO)[C@@H](O)[C@H](O)[C@H]6O)CC[C@@]56C[C@@]46CC[C@]23C)O1. The highest BCUT2D eigenvalue weighted by molar-refractivity contribution is 5.33. The summed E-state index contributed by atoms with van der Waals surface area (Å²) in [7, 11) is 0. The van der Waals surface area contributed by atoms with Gasteiger partial charge in [0, 0.05) is 5.92 Å². The van der Waals surface area contributed by atoms with Crippen molar-refractivity contribution >= 4 is 0 Å². The third-order valence-electron chi connectivity index (χ3n) is 19.9. The van der Waals surface area contributed by atoms with Crippen molar-refractivity contribution in [3.63, 3.8) is 0 Å². The average molecular weight is 947 g/mol. The minimum Gasteiger partial charge on any atom is -0.394 e. The van der Waals surface area contributed by atoms with Crippen molar-refractivity contribution < 1.29 is 94.4 Å². The van der Waals surface area contributed by atoms with E-state index in [0.717, 1.165) is 25.7 Å². The molecule has 4 aliphatic heterocycles. The molecule has 19 nitrogen and oxygen atoms in total. The maximum Gasteiger partial charge on any atom is 0.187 e. The largest absolute Gasteiger partial charge is 0.394 e. The van der Waals surface area contributed by atoms with E-state index in [1.165, 1.54) is 0 Å². The molecule has 2 spiro atoms. The lowest BCUT2D eigenvalue weighted by Gasteiger charge is -2.64. The molecule has 12 N–H and O–H groups in total. The Balaban J connectivity index is 0.907. The van der Waals surface area contributed by atoms with Gasteiger partial charge in [0.05, 0.1) is 55.4 Å². The summed E-state index contributed by atoms with van der Waals surface area (Å²) < 4.78 is 43.2. The van der Waals surface area contributed by atoms with Gasteiger partial charge in [0.15, 0.2) is 18.9 Å². The van der Waals surface area contributed by atoms with Crippen LogP contribution < -0.4 is 0 Å². The maximum atomic E-state index is 12.5. The van der Waals surface area contributed by atoms with Crippen LogP contribution in [0.2, 0.25) is 0 Å². The number of hydrogen-bond donors (Lipinski definition) is 12. The summed E-state index contributed by atoms with van der Waals surface area (Å²) in [5, 5.41) is 129. The van der Waals surface area contributed by atoms with Gasteiger partial charge in [0.1, 0.15) is 67.1 Å². The first-order valence-corrected chi connectivity index (χ1v) is 24.4. The van der Waals surface area contributed by atoms with Gasteiger partial charge < -0.3 is 94.4 Å². The third kappa shape index (κ3) is 7.22. The normalized spacial score (nSPS) is 58.0. The molecule has 0 aromatic carbocycles. The van der Waals surface area contributed by atoms with Crippen LogP contribution in [0.4, 0.5) is 0 Å². The molecule has 4 saturated heterocycles. The highest BCUT2D eigenvalue weighted by Crippen LogP contribution is 2.89. The van der Waals surface area contributed by atoms with Crippen LogP contribution in [0.25, 0.3) is 0 Å². The van der Waals surface area contributed by atoms with E-state index in [0.29, 0.717) is 32.1 Å². The number of aliphatic hydroxyl groups is 12. The second kappa shape index (κ2) is 16.9. The second-order valence-electron chi connectivity index (χ2n) is 23.8. The molecule has 0 bridgehead atoms. The molecule has 9 fully saturated rings. The lowest BCUT2D eigenvalue weighted by molar-refractivity contribution is -0.366. The fourth-order valence-corrected chi connectivity index (χ4v) is 16.4. The van der Waals surface area contributed by atoms with E-state index >= 15 is 0 Å². The van der Waals surface area contributed by atoms with Crippen molar-refractivity contribution in [1.29, 1.82) is 0 Å². The molecule has 0 unspecified atom stereocenters. The summed E-state index contributed by atoms with van der Waals surface area (Å²) in [5.74, 6) is -0.293. The van der Waals surface area contributed by atoms with Gasteiger partial charge in [-0.15, -0.1) is 0 Å². The van der Waals surface area contributed by atoms with Gasteiger partial charge in [-0.3, -0.25) is 0 Å². The summed E-state index contributed by atoms with van der Waals surface area (Å²) >= 11 is 0. The topological polar surface area (TPSA) is 307 Å². The molecular weight excluding hydrogens is 868 g/mol. The zero-order chi connectivity index (χ0) is 48.1. The first-order chi connectivity index (χ1) is 30.8. The van der Waals surface area contributed by atoms with Gasteiger partial charge in [0.2, 0.25) is 0 Å². The molecule has 66 heavy (non-hydrogen) atoms. The lowest BCUT2D eigenvalue weighted by Crippen LogP contribution is -2.64. The van der Waals surface area contributed by atoms with Crippen LogP contribution >= 0.6 is 0 Å². The van der Waals surface area contributed by atoms with Gasteiger partial charge in [-0.2, -0.15) is 0 Å². The van der Waals surface area contributed by atoms with E-state index in [2.05, 4.69) is 34.6 Å². The minimum atomic E-state index is -1.75. The Hall–Kier alpha value is -0.760. The lowest BCUT2D eigenvalue weighted by atomic mass is 9.41. The quantitative estimate of drug-likeness (QED) is 0.112. The Labute approximate surface area is 386 Å². The van der Waals surface area contributed by atoms with Crippen LogP contribution in [0.3, 0.4) is 0 Å². The fourth-order valence-electron chi connectivity index (χ4n) is 16.4. The van der Waals surface area contributed by atoms with Crippen molar-refractivity contribution in [3.8, 4) is 0 Å². The molecule has 5 aliphatic carbocycles. The van der Waals surface area contributed by atoms with Crippen LogP contribution in [0.15, 0.2) is 0 Å². The molecule has 0 aromatic heterocycles. The Bertz CT molecular complexity index is 1770. The standard InChI is InChI=1S/C47H78O19/c1-41(2)26(63-40-35(28(53)22(52)18-60-40)64-38-33(58)31(56)29(54)23(16-48)61-38)9-11-47-19-46(47)13-12-43(5)37(21(51)15-44(43,6)25(46)14-20(50)36(41)47)45(7)10-8-27(65-45)42(3,4)66-39-34(59)32(57)30(55)24(17-49)62-39/h20-40,48-59H,8-19H2,1-7H3/t20-,21-,22+,23+,24+,25-,26-,27-,28-,29+,30+,31-,32-,33+,34+,35+,36-,37-,38-,39-,40-,43+,44-,45+,46-,47+/m0/s1. The molecule has 0 radical (unpaired) electrons. The molecule has 0 amide bonds. The van der Waals surface area contributed by atoms with E-state index < -0.39 is 140 Å². The predicted octanol–water partition coefficient (Wildman–Crippen LogP) is -1.45. The first kappa shape index (κ1) is 50.2. The number of aliphatic hydroxyl groups excluding tert-OH is 12. The molecule has 9 aliphatic rings. The number of fused-ring (bicyclic) bond motifs is 2. The van der Waals surface area contributed by atoms with Gasteiger partial charge in [-0.25, -0.2) is 0 Å². The van der Waals surface area contributed by atoms with Crippen LogP contribution in [-0.2, 0) is 33.2 Å². The Morgan fingerprint density at radius 2 is 1.21 bits per heavy atom. The zero-order valence-corrected chi connectivity index (χ0v) is 39.3. The highest BCUT2D eigenvalue weighted by atomic mass is 16.8. The average Bonchev–Trinajstić information content (AvgIpc) is 3.61. The van der Waals surface area contributed by atoms with E-state index in [-0.39, 0.29) is 46.0 Å². The zero-order valence-electron chi connectivity index (χ0n) is 39.3. The maximum absolute atomic E-state index is 12.5. The van der Waals surface area contributed by atoms with Crippen molar-refractivity contribution in [3.05, 3.63) is 0 Å². The summed E-state index contributed by atoms with van der Waals surface area (Å²) in [6.45, 7) is 13.0. The van der Waals surface area contributed by atoms with Crippen molar-refractivity contribution in [1.82, 2.24) is 0 Å². The molecule has 0 aromatic rings.